The van der Waals surface area contributed by atoms with Crippen molar-refractivity contribution in [1.29, 1.82) is 0 Å². The number of pyridine rings is 1. The maximum Gasteiger partial charge on any atom is 0.222 e. The highest BCUT2D eigenvalue weighted by atomic mass is 32.1. The largest absolute Gasteiger partial charge is 0.311 e. The smallest absolute Gasteiger partial charge is 0.222 e. The van der Waals surface area contributed by atoms with Gasteiger partial charge in [0.25, 0.3) is 0 Å². The summed E-state index contributed by atoms with van der Waals surface area (Å²) in [5.74, 6) is 0.270. The van der Waals surface area contributed by atoms with Crippen LogP contribution in [0.3, 0.4) is 0 Å². The molecular weight excluding hydrogens is 310 g/mol. The van der Waals surface area contributed by atoms with Crippen LogP contribution >= 0.6 is 11.3 Å². The number of aldehydes is 1. The molecule has 0 radical (unpaired) electrons. The standard InChI is InChI=1S/C17H13N3O2S/c1-11(22)19-15-9-13(7-8-18-15)17-20-16(14(10-21)23-17)12-5-3-2-4-6-12/h2-10H,1H3,(H,18,19,22). The summed E-state index contributed by atoms with van der Waals surface area (Å²) in [7, 11) is 0. The third-order valence-corrected chi connectivity index (χ3v) is 4.15. The number of nitrogens with one attached hydrogen (secondary N) is 1. The molecule has 0 aliphatic rings. The summed E-state index contributed by atoms with van der Waals surface area (Å²) >= 11 is 1.32. The molecule has 114 valence electrons. The van der Waals surface area contributed by atoms with Gasteiger partial charge >= 0.3 is 0 Å². The molecule has 5 nitrogen and oxygen atoms in total. The monoisotopic (exact) mass is 323 g/mol. The van der Waals surface area contributed by atoms with E-state index < -0.39 is 0 Å². The van der Waals surface area contributed by atoms with Crippen LogP contribution in [0.4, 0.5) is 5.82 Å². The summed E-state index contributed by atoms with van der Waals surface area (Å²) in [6.45, 7) is 1.43. The first-order chi connectivity index (χ1) is 11.2. The number of amides is 1. The number of rotatable bonds is 4. The molecule has 0 aliphatic heterocycles. The lowest BCUT2D eigenvalue weighted by atomic mass is 10.1. The Morgan fingerprint density at radius 3 is 2.65 bits per heavy atom. The zero-order valence-electron chi connectivity index (χ0n) is 12.3. The van der Waals surface area contributed by atoms with E-state index in [2.05, 4.69) is 15.3 Å². The first kappa shape index (κ1) is 15.1. The van der Waals surface area contributed by atoms with Gasteiger partial charge < -0.3 is 5.32 Å². The first-order valence-corrected chi connectivity index (χ1v) is 7.74. The van der Waals surface area contributed by atoms with Gasteiger partial charge in [0.05, 0.1) is 10.6 Å². The second-order valence-electron chi connectivity index (χ2n) is 4.83. The molecule has 0 bridgehead atoms. The van der Waals surface area contributed by atoms with Gasteiger partial charge in [-0.05, 0) is 12.1 Å². The van der Waals surface area contributed by atoms with Crippen molar-refractivity contribution in [3.8, 4) is 21.8 Å². The number of nitrogens with zero attached hydrogens (tertiary/aromatic N) is 2. The van der Waals surface area contributed by atoms with E-state index in [0.29, 0.717) is 21.4 Å². The predicted octanol–water partition coefficient (Wildman–Crippen LogP) is 3.64. The number of anilines is 1. The van der Waals surface area contributed by atoms with E-state index in [1.807, 2.05) is 30.3 Å². The number of hydrogen-bond donors (Lipinski definition) is 1. The molecule has 0 fully saturated rings. The van der Waals surface area contributed by atoms with Crippen molar-refractivity contribution >= 4 is 29.3 Å². The van der Waals surface area contributed by atoms with Crippen LogP contribution < -0.4 is 5.32 Å². The summed E-state index contributed by atoms with van der Waals surface area (Å²) in [6.07, 6.45) is 2.42. The van der Waals surface area contributed by atoms with Crippen molar-refractivity contribution in [3.05, 3.63) is 53.5 Å². The quantitative estimate of drug-likeness (QED) is 0.744. The molecule has 6 heteroatoms. The Kier molecular flexibility index (Phi) is 4.25. The van der Waals surface area contributed by atoms with Gasteiger partial charge in [-0.1, -0.05) is 30.3 Å². The Hall–Kier alpha value is -2.86. The van der Waals surface area contributed by atoms with Crippen LogP contribution in [0.5, 0.6) is 0 Å². The minimum absolute atomic E-state index is 0.188. The lowest BCUT2D eigenvalue weighted by Gasteiger charge is -2.02. The summed E-state index contributed by atoms with van der Waals surface area (Å²) in [6, 6.07) is 13.1. The third kappa shape index (κ3) is 3.32. The molecule has 0 aliphatic carbocycles. The number of carbonyl (C=O) groups is 2. The number of thiazole rings is 1. The molecule has 0 saturated heterocycles. The highest BCUT2D eigenvalue weighted by Gasteiger charge is 2.14. The summed E-state index contributed by atoms with van der Waals surface area (Å²) in [5.41, 5.74) is 2.37. The Morgan fingerprint density at radius 1 is 1.17 bits per heavy atom. The minimum Gasteiger partial charge on any atom is -0.311 e. The van der Waals surface area contributed by atoms with Crippen LogP contribution in [0.1, 0.15) is 16.6 Å². The van der Waals surface area contributed by atoms with E-state index in [1.165, 1.54) is 18.3 Å². The van der Waals surface area contributed by atoms with E-state index in [4.69, 9.17) is 0 Å². The Balaban J connectivity index is 2.03. The number of carbonyl (C=O) groups excluding carboxylic acids is 2. The van der Waals surface area contributed by atoms with Gasteiger partial charge in [0, 0.05) is 24.2 Å². The van der Waals surface area contributed by atoms with E-state index in [1.54, 1.807) is 18.3 Å². The summed E-state index contributed by atoms with van der Waals surface area (Å²) < 4.78 is 0. The van der Waals surface area contributed by atoms with Crippen LogP contribution in [0.15, 0.2) is 48.7 Å². The second-order valence-corrected chi connectivity index (χ2v) is 5.86. The lowest BCUT2D eigenvalue weighted by molar-refractivity contribution is -0.114. The average molecular weight is 323 g/mol. The molecule has 1 N–H and O–H groups in total. The van der Waals surface area contributed by atoms with E-state index in [9.17, 15) is 9.59 Å². The van der Waals surface area contributed by atoms with Gasteiger partial charge in [0.15, 0.2) is 6.29 Å². The third-order valence-electron chi connectivity index (χ3n) is 3.12. The van der Waals surface area contributed by atoms with Gasteiger partial charge in [0.1, 0.15) is 10.8 Å². The average Bonchev–Trinajstić information content (AvgIpc) is 3.00. The van der Waals surface area contributed by atoms with Gasteiger partial charge in [0.2, 0.25) is 5.91 Å². The predicted molar refractivity (Wildman–Crippen MR) is 90.5 cm³/mol. The summed E-state index contributed by atoms with van der Waals surface area (Å²) in [5, 5.41) is 3.35. The van der Waals surface area contributed by atoms with Crippen molar-refractivity contribution in [3.63, 3.8) is 0 Å². The first-order valence-electron chi connectivity index (χ1n) is 6.93. The van der Waals surface area contributed by atoms with Crippen molar-refractivity contribution in [2.24, 2.45) is 0 Å². The van der Waals surface area contributed by atoms with Crippen molar-refractivity contribution < 1.29 is 9.59 Å². The zero-order chi connectivity index (χ0) is 16.2. The van der Waals surface area contributed by atoms with Gasteiger partial charge in [-0.2, -0.15) is 0 Å². The van der Waals surface area contributed by atoms with Gasteiger partial charge in [-0.25, -0.2) is 9.97 Å². The van der Waals surface area contributed by atoms with E-state index >= 15 is 0 Å². The molecule has 0 saturated carbocycles. The fourth-order valence-corrected chi connectivity index (χ4v) is 3.05. The fraction of sp³-hybridized carbons (Fsp3) is 0.0588. The normalized spacial score (nSPS) is 10.3. The Labute approximate surface area is 137 Å². The van der Waals surface area contributed by atoms with Crippen molar-refractivity contribution in [1.82, 2.24) is 9.97 Å². The Morgan fingerprint density at radius 2 is 1.96 bits per heavy atom. The lowest BCUT2D eigenvalue weighted by Crippen LogP contribution is -2.07. The molecule has 3 rings (SSSR count). The zero-order valence-corrected chi connectivity index (χ0v) is 13.1. The number of aromatic nitrogens is 2. The SMILES string of the molecule is CC(=O)Nc1cc(-c2nc(-c3ccccc3)c(C=O)s2)ccn1. The number of hydrogen-bond acceptors (Lipinski definition) is 5. The van der Waals surface area contributed by atoms with Crippen LogP contribution in [0.25, 0.3) is 21.8 Å². The van der Waals surface area contributed by atoms with Gasteiger partial charge in [-0.15, -0.1) is 11.3 Å². The molecule has 3 aromatic rings. The molecule has 1 amide bonds. The molecular formula is C17H13N3O2S. The van der Waals surface area contributed by atoms with Crippen LogP contribution in [0.2, 0.25) is 0 Å². The molecule has 0 spiro atoms. The maximum atomic E-state index is 11.4. The van der Waals surface area contributed by atoms with E-state index in [-0.39, 0.29) is 5.91 Å². The topological polar surface area (TPSA) is 72.0 Å². The second kappa shape index (κ2) is 6.50. The fourth-order valence-electron chi connectivity index (χ4n) is 2.15. The van der Waals surface area contributed by atoms with Gasteiger partial charge in [-0.3, -0.25) is 9.59 Å². The summed E-state index contributed by atoms with van der Waals surface area (Å²) in [4.78, 5) is 31.7. The molecule has 1 aromatic carbocycles. The minimum atomic E-state index is -0.188. The van der Waals surface area contributed by atoms with Crippen molar-refractivity contribution in [2.45, 2.75) is 6.92 Å². The molecule has 0 atom stereocenters. The highest BCUT2D eigenvalue weighted by Crippen LogP contribution is 2.33. The van der Waals surface area contributed by atoms with Crippen molar-refractivity contribution in [2.75, 3.05) is 5.32 Å². The van der Waals surface area contributed by atoms with Crippen LogP contribution in [-0.4, -0.2) is 22.2 Å². The highest BCUT2D eigenvalue weighted by molar-refractivity contribution is 7.17. The molecule has 2 heterocycles. The van der Waals surface area contributed by atoms with E-state index in [0.717, 1.165) is 17.4 Å². The molecule has 0 unspecified atom stereocenters. The van der Waals surface area contributed by atoms with Crippen LogP contribution in [0, 0.1) is 0 Å². The van der Waals surface area contributed by atoms with Crippen LogP contribution in [-0.2, 0) is 4.79 Å². The molecule has 2 aromatic heterocycles. The molecule has 23 heavy (non-hydrogen) atoms. The number of benzene rings is 1. The Bertz CT molecular complexity index is 859. The maximum absolute atomic E-state index is 11.4.